The Morgan fingerprint density at radius 1 is 1.47 bits per heavy atom. The van der Waals surface area contributed by atoms with Crippen LogP contribution in [-0.4, -0.2) is 24.2 Å². The van der Waals surface area contributed by atoms with Crippen molar-refractivity contribution in [3.63, 3.8) is 0 Å². The van der Waals surface area contributed by atoms with Gasteiger partial charge < -0.3 is 10.0 Å². The van der Waals surface area contributed by atoms with Crippen molar-refractivity contribution < 1.29 is 14.3 Å². The van der Waals surface area contributed by atoms with Gasteiger partial charge in [0, 0.05) is 24.7 Å². The normalized spacial score (nSPS) is 18.2. The van der Waals surface area contributed by atoms with E-state index in [1.54, 1.807) is 12.1 Å². The van der Waals surface area contributed by atoms with Gasteiger partial charge in [0.05, 0.1) is 5.69 Å². The van der Waals surface area contributed by atoms with Crippen LogP contribution in [0.2, 0.25) is 0 Å². The van der Waals surface area contributed by atoms with E-state index in [0.29, 0.717) is 11.3 Å². The number of halogens is 1. The average Bonchev–Trinajstić information content (AvgIpc) is 2.66. The highest BCUT2D eigenvalue weighted by Crippen LogP contribution is 2.35. The molecule has 0 bridgehead atoms. The first-order valence-corrected chi connectivity index (χ1v) is 6.33. The molecule has 2 rings (SSSR count). The highest BCUT2D eigenvalue weighted by molar-refractivity contribution is 5.87. The summed E-state index contributed by atoms with van der Waals surface area (Å²) in [6.45, 7) is 5.88. The largest absolute Gasteiger partial charge is 0.478 e. The van der Waals surface area contributed by atoms with Gasteiger partial charge in [-0.25, -0.2) is 9.18 Å². The molecule has 0 aliphatic carbocycles. The summed E-state index contributed by atoms with van der Waals surface area (Å²) >= 11 is 0. The van der Waals surface area contributed by atoms with Gasteiger partial charge in [-0.15, -0.1) is 0 Å². The van der Waals surface area contributed by atoms with Gasteiger partial charge in [0.1, 0.15) is 5.82 Å². The van der Waals surface area contributed by atoms with Gasteiger partial charge in [0.25, 0.3) is 0 Å². The summed E-state index contributed by atoms with van der Waals surface area (Å²) in [5, 5.41) is 8.69. The minimum absolute atomic E-state index is 0.163. The minimum Gasteiger partial charge on any atom is -0.478 e. The number of nitrogens with zero attached hydrogens (tertiary/aromatic N) is 1. The third-order valence-corrected chi connectivity index (χ3v) is 3.42. The molecule has 102 valence electrons. The molecule has 1 fully saturated rings. The number of benzene rings is 1. The third kappa shape index (κ3) is 3.13. The van der Waals surface area contributed by atoms with Gasteiger partial charge in [-0.3, -0.25) is 0 Å². The molecule has 0 atom stereocenters. The molecule has 1 aromatic carbocycles. The van der Waals surface area contributed by atoms with Crippen LogP contribution in [0.4, 0.5) is 10.1 Å². The van der Waals surface area contributed by atoms with Gasteiger partial charge in [-0.2, -0.15) is 0 Å². The summed E-state index contributed by atoms with van der Waals surface area (Å²) < 4.78 is 14.1. The Morgan fingerprint density at radius 2 is 2.21 bits per heavy atom. The Hall–Kier alpha value is -1.84. The number of carboxylic acid groups (broad SMARTS) is 1. The Bertz CT molecular complexity index is 523. The molecular formula is C15H18FNO2. The molecule has 1 heterocycles. The van der Waals surface area contributed by atoms with Crippen molar-refractivity contribution in [2.75, 3.05) is 18.0 Å². The number of para-hydroxylation sites is 1. The van der Waals surface area contributed by atoms with E-state index in [9.17, 15) is 9.18 Å². The number of hydrogen-bond acceptors (Lipinski definition) is 2. The minimum atomic E-state index is -1.03. The van der Waals surface area contributed by atoms with E-state index >= 15 is 0 Å². The summed E-state index contributed by atoms with van der Waals surface area (Å²) in [6, 6.07) is 4.75. The van der Waals surface area contributed by atoms with Crippen molar-refractivity contribution in [1.82, 2.24) is 0 Å². The van der Waals surface area contributed by atoms with Crippen LogP contribution in [0.3, 0.4) is 0 Å². The fourth-order valence-electron chi connectivity index (χ4n) is 2.46. The van der Waals surface area contributed by atoms with Gasteiger partial charge in [-0.05, 0) is 24.0 Å². The molecule has 0 aromatic heterocycles. The lowest BCUT2D eigenvalue weighted by Crippen LogP contribution is -2.24. The van der Waals surface area contributed by atoms with E-state index in [2.05, 4.69) is 13.8 Å². The second-order valence-electron chi connectivity index (χ2n) is 5.69. The smallest absolute Gasteiger partial charge is 0.328 e. The van der Waals surface area contributed by atoms with E-state index in [-0.39, 0.29) is 11.2 Å². The van der Waals surface area contributed by atoms with E-state index in [1.807, 2.05) is 4.90 Å². The molecular weight excluding hydrogens is 245 g/mol. The molecule has 1 aliphatic rings. The molecule has 1 aromatic rings. The Kier molecular flexibility index (Phi) is 3.60. The molecule has 0 radical (unpaired) electrons. The van der Waals surface area contributed by atoms with Gasteiger partial charge >= 0.3 is 5.97 Å². The molecule has 1 aliphatic heterocycles. The van der Waals surface area contributed by atoms with Crippen LogP contribution in [0.25, 0.3) is 6.08 Å². The second kappa shape index (κ2) is 5.03. The van der Waals surface area contributed by atoms with Crippen molar-refractivity contribution in [2.45, 2.75) is 20.3 Å². The first-order valence-electron chi connectivity index (χ1n) is 6.33. The van der Waals surface area contributed by atoms with Crippen molar-refractivity contribution in [1.29, 1.82) is 0 Å². The number of rotatable bonds is 3. The average molecular weight is 263 g/mol. The zero-order valence-electron chi connectivity index (χ0n) is 11.2. The number of carbonyl (C=O) groups is 1. The maximum Gasteiger partial charge on any atom is 0.328 e. The SMILES string of the molecule is CC1(C)CCN(c2c(F)cccc2/C=C/C(=O)O)C1. The predicted molar refractivity (Wildman–Crippen MR) is 73.7 cm³/mol. The summed E-state index contributed by atoms with van der Waals surface area (Å²) in [4.78, 5) is 12.6. The van der Waals surface area contributed by atoms with Crippen molar-refractivity contribution in [3.05, 3.63) is 35.7 Å². The Balaban J connectivity index is 2.36. The van der Waals surface area contributed by atoms with Crippen LogP contribution in [0.15, 0.2) is 24.3 Å². The molecule has 3 nitrogen and oxygen atoms in total. The Labute approximate surface area is 112 Å². The first-order chi connectivity index (χ1) is 8.89. The zero-order valence-corrected chi connectivity index (χ0v) is 11.2. The standard InChI is InChI=1S/C15H18FNO2/c1-15(2)8-9-17(10-15)14-11(6-7-13(18)19)4-3-5-12(14)16/h3-7H,8-10H2,1-2H3,(H,18,19)/b7-6+. The lowest BCUT2D eigenvalue weighted by molar-refractivity contribution is -0.131. The number of anilines is 1. The number of hydrogen-bond donors (Lipinski definition) is 1. The second-order valence-corrected chi connectivity index (χ2v) is 5.69. The molecule has 0 unspecified atom stereocenters. The predicted octanol–water partition coefficient (Wildman–Crippen LogP) is 3.16. The van der Waals surface area contributed by atoms with E-state index in [4.69, 9.17) is 5.11 Å². The first kappa shape index (κ1) is 13.6. The monoisotopic (exact) mass is 263 g/mol. The molecule has 1 N–H and O–H groups in total. The van der Waals surface area contributed by atoms with Crippen LogP contribution in [0.5, 0.6) is 0 Å². The van der Waals surface area contributed by atoms with Crippen molar-refractivity contribution >= 4 is 17.7 Å². The maximum absolute atomic E-state index is 14.1. The molecule has 1 saturated heterocycles. The van der Waals surface area contributed by atoms with Crippen LogP contribution in [0, 0.1) is 11.2 Å². The van der Waals surface area contributed by atoms with E-state index in [0.717, 1.165) is 25.6 Å². The summed E-state index contributed by atoms with van der Waals surface area (Å²) in [6.07, 6.45) is 3.50. The van der Waals surface area contributed by atoms with Gasteiger partial charge in [0.2, 0.25) is 0 Å². The lowest BCUT2D eigenvalue weighted by atomic mass is 9.93. The molecule has 4 heteroatoms. The summed E-state index contributed by atoms with van der Waals surface area (Å²) in [7, 11) is 0. The maximum atomic E-state index is 14.1. The number of carboxylic acids is 1. The topological polar surface area (TPSA) is 40.5 Å². The number of aliphatic carboxylic acids is 1. The Morgan fingerprint density at radius 3 is 2.79 bits per heavy atom. The zero-order chi connectivity index (χ0) is 14.0. The highest BCUT2D eigenvalue weighted by Gasteiger charge is 2.31. The summed E-state index contributed by atoms with van der Waals surface area (Å²) in [5.74, 6) is -1.33. The lowest BCUT2D eigenvalue weighted by Gasteiger charge is -2.23. The van der Waals surface area contributed by atoms with Crippen LogP contribution >= 0.6 is 0 Å². The molecule has 0 saturated carbocycles. The molecule has 0 spiro atoms. The fraction of sp³-hybridized carbons (Fsp3) is 0.400. The van der Waals surface area contributed by atoms with Gasteiger partial charge in [-0.1, -0.05) is 26.0 Å². The molecule has 19 heavy (non-hydrogen) atoms. The summed E-state index contributed by atoms with van der Waals surface area (Å²) in [5.41, 5.74) is 1.28. The van der Waals surface area contributed by atoms with E-state index < -0.39 is 5.97 Å². The highest BCUT2D eigenvalue weighted by atomic mass is 19.1. The third-order valence-electron chi connectivity index (χ3n) is 3.42. The van der Waals surface area contributed by atoms with E-state index in [1.165, 1.54) is 12.1 Å². The molecule has 0 amide bonds. The van der Waals surface area contributed by atoms with Crippen LogP contribution in [0.1, 0.15) is 25.8 Å². The van der Waals surface area contributed by atoms with Crippen molar-refractivity contribution in [3.8, 4) is 0 Å². The van der Waals surface area contributed by atoms with Gasteiger partial charge in [0.15, 0.2) is 0 Å². The van der Waals surface area contributed by atoms with Crippen molar-refractivity contribution in [2.24, 2.45) is 5.41 Å². The van der Waals surface area contributed by atoms with Crippen LogP contribution in [-0.2, 0) is 4.79 Å². The fourth-order valence-corrected chi connectivity index (χ4v) is 2.46. The quantitative estimate of drug-likeness (QED) is 0.852. The van der Waals surface area contributed by atoms with Crippen LogP contribution < -0.4 is 4.90 Å².